The third-order valence-electron chi connectivity index (χ3n) is 4.62. The predicted molar refractivity (Wildman–Crippen MR) is 102 cm³/mol. The van der Waals surface area contributed by atoms with Gasteiger partial charge in [0, 0.05) is 0 Å². The summed E-state index contributed by atoms with van der Waals surface area (Å²) < 4.78 is 6.71. The molecule has 2 amide bonds. The number of aromatic nitrogens is 1. The Bertz CT molecular complexity index is 1060. The highest BCUT2D eigenvalue weighted by atomic mass is 32.1. The normalized spacial score (nSPS) is 18.8. The zero-order valence-corrected chi connectivity index (χ0v) is 15.4. The Kier molecular flexibility index (Phi) is 3.69. The third kappa shape index (κ3) is 2.52. The molecule has 7 heteroatoms. The van der Waals surface area contributed by atoms with E-state index in [1.165, 1.54) is 18.3 Å². The number of nitrogens with one attached hydrogen (secondary N) is 2. The van der Waals surface area contributed by atoms with Crippen molar-refractivity contribution in [2.45, 2.75) is 26.4 Å². The van der Waals surface area contributed by atoms with Crippen molar-refractivity contribution in [1.29, 1.82) is 0 Å². The molecule has 1 atom stereocenters. The summed E-state index contributed by atoms with van der Waals surface area (Å²) >= 11 is 1.37. The zero-order valence-electron chi connectivity index (χ0n) is 14.5. The fourth-order valence-electron chi connectivity index (χ4n) is 2.81. The Hall–Kier alpha value is -2.93. The number of carbonyl (C=O) groups is 2. The van der Waals surface area contributed by atoms with Gasteiger partial charge >= 0.3 is 0 Å². The standard InChI is InChI=1S/C19H17N3O3S/c1-10-8-9-14-15(11(10)2)21-18(26-14)22-17(24)19(3)16(23)20-12-6-4-5-7-13(12)25-19/h4-9H,1-3H3,(H,20,23)(H,21,22,24). The lowest BCUT2D eigenvalue weighted by atomic mass is 10.0. The van der Waals surface area contributed by atoms with E-state index in [4.69, 9.17) is 4.74 Å². The minimum atomic E-state index is -1.67. The first-order valence-electron chi connectivity index (χ1n) is 8.16. The van der Waals surface area contributed by atoms with Gasteiger partial charge in [0.05, 0.1) is 15.9 Å². The monoisotopic (exact) mass is 367 g/mol. The first kappa shape index (κ1) is 16.5. The maximum atomic E-state index is 12.8. The molecule has 4 rings (SSSR count). The molecule has 132 valence electrons. The van der Waals surface area contributed by atoms with E-state index in [0.29, 0.717) is 16.6 Å². The average Bonchev–Trinajstić information content (AvgIpc) is 3.02. The molecule has 0 fully saturated rings. The lowest BCUT2D eigenvalue weighted by molar-refractivity contribution is -0.143. The first-order chi connectivity index (χ1) is 12.4. The highest BCUT2D eigenvalue weighted by Gasteiger charge is 2.47. The topological polar surface area (TPSA) is 80.3 Å². The van der Waals surface area contributed by atoms with E-state index in [1.807, 2.05) is 26.0 Å². The van der Waals surface area contributed by atoms with Gasteiger partial charge in [-0.25, -0.2) is 4.98 Å². The minimum Gasteiger partial charge on any atom is -0.466 e. The van der Waals surface area contributed by atoms with Crippen LogP contribution in [-0.4, -0.2) is 22.4 Å². The average molecular weight is 367 g/mol. The van der Waals surface area contributed by atoms with E-state index < -0.39 is 17.4 Å². The molecule has 0 saturated carbocycles. The van der Waals surface area contributed by atoms with Gasteiger partial charge in [-0.2, -0.15) is 0 Å². The Morgan fingerprint density at radius 2 is 2.00 bits per heavy atom. The molecule has 6 nitrogen and oxygen atoms in total. The zero-order chi connectivity index (χ0) is 18.5. The van der Waals surface area contributed by atoms with E-state index in [0.717, 1.165) is 21.3 Å². The van der Waals surface area contributed by atoms with E-state index >= 15 is 0 Å². The number of carbonyl (C=O) groups excluding carboxylic acids is 2. The van der Waals surface area contributed by atoms with Crippen LogP contribution in [-0.2, 0) is 9.59 Å². The molecule has 3 aromatic rings. The van der Waals surface area contributed by atoms with E-state index in [1.54, 1.807) is 24.3 Å². The van der Waals surface area contributed by atoms with Crippen molar-refractivity contribution in [3.8, 4) is 5.75 Å². The molecule has 2 heterocycles. The summed E-state index contributed by atoms with van der Waals surface area (Å²) in [6, 6.07) is 11.0. The number of aryl methyl sites for hydroxylation is 2. The largest absolute Gasteiger partial charge is 0.466 e. The van der Waals surface area contributed by atoms with Crippen molar-refractivity contribution >= 4 is 44.2 Å². The summed E-state index contributed by atoms with van der Waals surface area (Å²) in [4.78, 5) is 29.8. The summed E-state index contributed by atoms with van der Waals surface area (Å²) in [6.45, 7) is 5.47. The third-order valence-corrected chi connectivity index (χ3v) is 5.56. The second-order valence-corrected chi connectivity index (χ2v) is 7.44. The predicted octanol–water partition coefficient (Wildman–Crippen LogP) is 3.64. The van der Waals surface area contributed by atoms with Gasteiger partial charge < -0.3 is 10.1 Å². The molecule has 1 unspecified atom stereocenters. The molecule has 2 N–H and O–H groups in total. The molecule has 0 bridgehead atoms. The number of benzene rings is 2. The van der Waals surface area contributed by atoms with Crippen molar-refractivity contribution in [2.75, 3.05) is 10.6 Å². The number of hydrogen-bond acceptors (Lipinski definition) is 5. The van der Waals surface area contributed by atoms with Crippen LogP contribution >= 0.6 is 11.3 Å². The van der Waals surface area contributed by atoms with Gasteiger partial charge in [0.1, 0.15) is 5.75 Å². The maximum absolute atomic E-state index is 12.8. The van der Waals surface area contributed by atoms with Crippen molar-refractivity contribution in [3.05, 3.63) is 47.5 Å². The smallest absolute Gasteiger partial charge is 0.280 e. The second kappa shape index (κ2) is 5.81. The molecule has 0 radical (unpaired) electrons. The van der Waals surface area contributed by atoms with E-state index in [9.17, 15) is 9.59 Å². The molecule has 1 aromatic heterocycles. The number of nitrogens with zero attached hydrogens (tertiary/aromatic N) is 1. The Morgan fingerprint density at radius 1 is 1.23 bits per heavy atom. The fraction of sp³-hybridized carbons (Fsp3) is 0.211. The molecular weight excluding hydrogens is 350 g/mol. The van der Waals surface area contributed by atoms with E-state index in [-0.39, 0.29) is 0 Å². The Labute approximate surface area is 154 Å². The van der Waals surface area contributed by atoms with Gasteiger partial charge in [-0.1, -0.05) is 29.5 Å². The molecule has 0 saturated heterocycles. The Balaban J connectivity index is 1.64. The molecule has 0 spiro atoms. The molecule has 26 heavy (non-hydrogen) atoms. The SMILES string of the molecule is Cc1ccc2sc(NC(=O)C3(C)Oc4ccccc4NC3=O)nc2c1C. The maximum Gasteiger partial charge on any atom is 0.280 e. The summed E-state index contributed by atoms with van der Waals surface area (Å²) in [6.07, 6.45) is 0. The van der Waals surface area contributed by atoms with Crippen LogP contribution in [0.4, 0.5) is 10.8 Å². The van der Waals surface area contributed by atoms with E-state index in [2.05, 4.69) is 15.6 Å². The summed E-state index contributed by atoms with van der Waals surface area (Å²) in [5, 5.41) is 5.89. The Morgan fingerprint density at radius 3 is 2.81 bits per heavy atom. The van der Waals surface area contributed by atoms with Gasteiger partial charge in [0.2, 0.25) is 0 Å². The fourth-order valence-corrected chi connectivity index (χ4v) is 3.73. The number of ether oxygens (including phenoxy) is 1. The number of rotatable bonds is 2. The van der Waals surface area contributed by atoms with Gasteiger partial charge in [0.15, 0.2) is 5.13 Å². The van der Waals surface area contributed by atoms with Crippen molar-refractivity contribution in [2.24, 2.45) is 0 Å². The van der Waals surface area contributed by atoms with Crippen LogP contribution in [0.5, 0.6) is 5.75 Å². The number of para-hydroxylation sites is 2. The quantitative estimate of drug-likeness (QED) is 0.678. The van der Waals surface area contributed by atoms with Gasteiger partial charge in [0.25, 0.3) is 17.4 Å². The number of amides is 2. The first-order valence-corrected chi connectivity index (χ1v) is 8.98. The molecule has 0 aliphatic carbocycles. The lowest BCUT2D eigenvalue weighted by Gasteiger charge is -2.32. The number of thiazole rings is 1. The lowest BCUT2D eigenvalue weighted by Crippen LogP contribution is -2.56. The number of hydrogen-bond donors (Lipinski definition) is 2. The van der Waals surface area contributed by atoms with Crippen LogP contribution in [0.3, 0.4) is 0 Å². The van der Waals surface area contributed by atoms with Gasteiger partial charge in [-0.3, -0.25) is 14.9 Å². The minimum absolute atomic E-state index is 0.440. The van der Waals surface area contributed by atoms with Crippen LogP contribution in [0.15, 0.2) is 36.4 Å². The van der Waals surface area contributed by atoms with Crippen LogP contribution in [0.25, 0.3) is 10.2 Å². The van der Waals surface area contributed by atoms with Crippen molar-refractivity contribution in [3.63, 3.8) is 0 Å². The molecule has 1 aliphatic heterocycles. The van der Waals surface area contributed by atoms with Crippen LogP contribution in [0.2, 0.25) is 0 Å². The van der Waals surface area contributed by atoms with Crippen LogP contribution < -0.4 is 15.4 Å². The van der Waals surface area contributed by atoms with Crippen molar-refractivity contribution in [1.82, 2.24) is 4.98 Å². The molecule has 2 aromatic carbocycles. The molecule has 1 aliphatic rings. The van der Waals surface area contributed by atoms with Crippen LogP contribution in [0, 0.1) is 13.8 Å². The van der Waals surface area contributed by atoms with Gasteiger partial charge in [-0.15, -0.1) is 0 Å². The summed E-state index contributed by atoms with van der Waals surface area (Å²) in [5.74, 6) is -0.611. The van der Waals surface area contributed by atoms with Gasteiger partial charge in [-0.05, 0) is 50.1 Å². The highest BCUT2D eigenvalue weighted by molar-refractivity contribution is 7.22. The summed E-state index contributed by atoms with van der Waals surface area (Å²) in [5.41, 5.74) is 1.95. The highest BCUT2D eigenvalue weighted by Crippen LogP contribution is 2.35. The van der Waals surface area contributed by atoms with Crippen LogP contribution in [0.1, 0.15) is 18.1 Å². The number of anilines is 2. The molecular formula is C19H17N3O3S. The number of fused-ring (bicyclic) bond motifs is 2. The summed E-state index contributed by atoms with van der Waals surface area (Å²) in [7, 11) is 0. The second-order valence-electron chi connectivity index (χ2n) is 6.41. The van der Waals surface area contributed by atoms with Crippen molar-refractivity contribution < 1.29 is 14.3 Å².